The van der Waals surface area contributed by atoms with Gasteiger partial charge in [-0.3, -0.25) is 0 Å². The molecule has 0 aliphatic heterocycles. The Balaban J connectivity index is 2.74. The number of ether oxygens (including phenoxy) is 1. The van der Waals surface area contributed by atoms with Crippen LogP contribution >= 0.6 is 15.9 Å². The molecular weight excluding hydrogens is 254 g/mol. The van der Waals surface area contributed by atoms with Crippen LogP contribution in [-0.4, -0.2) is 19.7 Å². The summed E-state index contributed by atoms with van der Waals surface area (Å²) in [5, 5.41) is 3.15. The molecule has 0 heterocycles. The van der Waals surface area contributed by atoms with Gasteiger partial charge in [0.25, 0.3) is 0 Å². The van der Waals surface area contributed by atoms with Crippen LogP contribution in [0.4, 0.5) is 0 Å². The average Bonchev–Trinajstić information content (AvgIpc) is 2.17. The number of halogens is 1. The molecule has 0 saturated heterocycles. The van der Waals surface area contributed by atoms with Crippen molar-refractivity contribution in [3.8, 4) is 0 Å². The lowest BCUT2D eigenvalue weighted by molar-refractivity contribution is 0.00813. The summed E-state index contributed by atoms with van der Waals surface area (Å²) in [6.45, 7) is 4.95. The van der Waals surface area contributed by atoms with E-state index in [9.17, 15) is 0 Å². The Bertz CT molecular complexity index is 284. The standard InChI is InChI=1S/C12H18BrNO/c1-9(2)15-12(8-14-3)10-4-6-11(13)7-5-10/h4-7,9,12,14H,8H2,1-3H3/t12-/m0/s1. The molecule has 0 bridgehead atoms. The maximum Gasteiger partial charge on any atom is 0.0952 e. The molecule has 0 aliphatic carbocycles. The number of likely N-dealkylation sites (N-methyl/N-ethyl adjacent to an activating group) is 1. The highest BCUT2D eigenvalue weighted by Gasteiger charge is 2.12. The zero-order valence-electron chi connectivity index (χ0n) is 9.46. The SMILES string of the molecule is CNC[C@H](OC(C)C)c1ccc(Br)cc1. The van der Waals surface area contributed by atoms with E-state index < -0.39 is 0 Å². The first kappa shape index (κ1) is 12.7. The first-order valence-electron chi connectivity index (χ1n) is 5.19. The molecule has 1 N–H and O–H groups in total. The van der Waals surface area contributed by atoms with E-state index in [0.717, 1.165) is 11.0 Å². The van der Waals surface area contributed by atoms with Gasteiger partial charge in [-0.25, -0.2) is 0 Å². The summed E-state index contributed by atoms with van der Waals surface area (Å²) in [4.78, 5) is 0. The molecule has 1 aromatic rings. The Hall–Kier alpha value is -0.380. The molecular formula is C12H18BrNO. The van der Waals surface area contributed by atoms with Crippen LogP contribution in [0.2, 0.25) is 0 Å². The predicted octanol–water partition coefficient (Wildman–Crippen LogP) is 3.13. The van der Waals surface area contributed by atoms with Crippen molar-refractivity contribution < 1.29 is 4.74 Å². The second kappa shape index (κ2) is 6.26. The number of rotatable bonds is 5. The summed E-state index contributed by atoms with van der Waals surface area (Å²) >= 11 is 3.43. The van der Waals surface area contributed by atoms with E-state index in [1.807, 2.05) is 19.2 Å². The van der Waals surface area contributed by atoms with E-state index >= 15 is 0 Å². The fourth-order valence-electron chi connectivity index (χ4n) is 1.44. The summed E-state index contributed by atoms with van der Waals surface area (Å²) in [5.41, 5.74) is 1.21. The van der Waals surface area contributed by atoms with Crippen LogP contribution in [0, 0.1) is 0 Å². The van der Waals surface area contributed by atoms with Gasteiger partial charge in [-0.15, -0.1) is 0 Å². The minimum atomic E-state index is 0.128. The number of hydrogen-bond acceptors (Lipinski definition) is 2. The molecule has 0 fully saturated rings. The zero-order chi connectivity index (χ0) is 11.3. The van der Waals surface area contributed by atoms with Crippen molar-refractivity contribution in [2.75, 3.05) is 13.6 Å². The minimum absolute atomic E-state index is 0.128. The molecule has 1 aromatic carbocycles. The summed E-state index contributed by atoms with van der Waals surface area (Å²) in [5.74, 6) is 0. The Morgan fingerprint density at radius 1 is 1.27 bits per heavy atom. The van der Waals surface area contributed by atoms with Crippen molar-refractivity contribution in [3.63, 3.8) is 0 Å². The maximum atomic E-state index is 5.84. The molecule has 0 radical (unpaired) electrons. The number of nitrogens with one attached hydrogen (secondary N) is 1. The van der Waals surface area contributed by atoms with Crippen molar-refractivity contribution in [2.24, 2.45) is 0 Å². The Kier molecular flexibility index (Phi) is 5.29. The first-order valence-corrected chi connectivity index (χ1v) is 5.98. The van der Waals surface area contributed by atoms with E-state index in [4.69, 9.17) is 4.74 Å². The van der Waals surface area contributed by atoms with E-state index in [1.54, 1.807) is 0 Å². The smallest absolute Gasteiger partial charge is 0.0952 e. The van der Waals surface area contributed by atoms with Crippen LogP contribution in [0.3, 0.4) is 0 Å². The number of hydrogen-bond donors (Lipinski definition) is 1. The minimum Gasteiger partial charge on any atom is -0.370 e. The molecule has 0 aliphatic rings. The summed E-state index contributed by atoms with van der Waals surface area (Å²) in [6.07, 6.45) is 0.370. The molecule has 15 heavy (non-hydrogen) atoms. The topological polar surface area (TPSA) is 21.3 Å². The van der Waals surface area contributed by atoms with Crippen LogP contribution in [0.15, 0.2) is 28.7 Å². The predicted molar refractivity (Wildman–Crippen MR) is 67.0 cm³/mol. The first-order chi connectivity index (χ1) is 7.13. The van der Waals surface area contributed by atoms with Gasteiger partial charge in [-0.2, -0.15) is 0 Å². The Morgan fingerprint density at radius 3 is 2.33 bits per heavy atom. The van der Waals surface area contributed by atoms with Gasteiger partial charge in [-0.1, -0.05) is 28.1 Å². The highest BCUT2D eigenvalue weighted by molar-refractivity contribution is 9.10. The average molecular weight is 272 g/mol. The normalized spacial score (nSPS) is 13.1. The fourth-order valence-corrected chi connectivity index (χ4v) is 1.70. The lowest BCUT2D eigenvalue weighted by Gasteiger charge is -2.20. The quantitative estimate of drug-likeness (QED) is 0.889. The molecule has 0 aromatic heterocycles. The van der Waals surface area contributed by atoms with Crippen molar-refractivity contribution >= 4 is 15.9 Å². The Morgan fingerprint density at radius 2 is 1.87 bits per heavy atom. The molecule has 1 atom stereocenters. The van der Waals surface area contributed by atoms with Gasteiger partial charge >= 0.3 is 0 Å². The molecule has 0 spiro atoms. The second-order valence-electron chi connectivity index (χ2n) is 3.78. The highest BCUT2D eigenvalue weighted by atomic mass is 79.9. The van der Waals surface area contributed by atoms with E-state index in [0.29, 0.717) is 0 Å². The van der Waals surface area contributed by atoms with E-state index in [-0.39, 0.29) is 12.2 Å². The van der Waals surface area contributed by atoms with Crippen molar-refractivity contribution in [1.29, 1.82) is 0 Å². The van der Waals surface area contributed by atoms with Gasteiger partial charge < -0.3 is 10.1 Å². The van der Waals surface area contributed by atoms with Crippen molar-refractivity contribution in [2.45, 2.75) is 26.1 Å². The third kappa shape index (κ3) is 4.33. The van der Waals surface area contributed by atoms with E-state index in [2.05, 4.69) is 47.2 Å². The van der Waals surface area contributed by atoms with Gasteiger partial charge in [0.1, 0.15) is 0 Å². The van der Waals surface area contributed by atoms with Crippen molar-refractivity contribution in [3.05, 3.63) is 34.3 Å². The van der Waals surface area contributed by atoms with Crippen LogP contribution in [0.25, 0.3) is 0 Å². The van der Waals surface area contributed by atoms with Gasteiger partial charge in [0.15, 0.2) is 0 Å². The van der Waals surface area contributed by atoms with Crippen LogP contribution in [-0.2, 0) is 4.74 Å². The van der Waals surface area contributed by atoms with Gasteiger partial charge in [0, 0.05) is 11.0 Å². The molecule has 0 saturated carbocycles. The monoisotopic (exact) mass is 271 g/mol. The lowest BCUT2D eigenvalue weighted by Crippen LogP contribution is -2.22. The summed E-state index contributed by atoms with van der Waals surface area (Å²) < 4.78 is 6.94. The van der Waals surface area contributed by atoms with Crippen LogP contribution in [0.5, 0.6) is 0 Å². The summed E-state index contributed by atoms with van der Waals surface area (Å²) in [6, 6.07) is 8.27. The van der Waals surface area contributed by atoms with Crippen LogP contribution < -0.4 is 5.32 Å². The maximum absolute atomic E-state index is 5.84. The fraction of sp³-hybridized carbons (Fsp3) is 0.500. The number of benzene rings is 1. The Labute approximate surface area is 100 Å². The van der Waals surface area contributed by atoms with Gasteiger partial charge in [0.05, 0.1) is 12.2 Å². The van der Waals surface area contributed by atoms with Gasteiger partial charge in [0.2, 0.25) is 0 Å². The molecule has 0 amide bonds. The zero-order valence-corrected chi connectivity index (χ0v) is 11.0. The van der Waals surface area contributed by atoms with Crippen LogP contribution in [0.1, 0.15) is 25.5 Å². The molecule has 3 heteroatoms. The third-order valence-electron chi connectivity index (χ3n) is 2.07. The molecule has 84 valence electrons. The van der Waals surface area contributed by atoms with Gasteiger partial charge in [-0.05, 0) is 38.6 Å². The molecule has 0 unspecified atom stereocenters. The second-order valence-corrected chi connectivity index (χ2v) is 4.70. The summed E-state index contributed by atoms with van der Waals surface area (Å²) in [7, 11) is 1.94. The highest BCUT2D eigenvalue weighted by Crippen LogP contribution is 2.20. The molecule has 2 nitrogen and oxygen atoms in total. The largest absolute Gasteiger partial charge is 0.370 e. The van der Waals surface area contributed by atoms with Crippen molar-refractivity contribution in [1.82, 2.24) is 5.32 Å². The lowest BCUT2D eigenvalue weighted by atomic mass is 10.1. The third-order valence-corrected chi connectivity index (χ3v) is 2.60. The molecule has 1 rings (SSSR count). The van der Waals surface area contributed by atoms with E-state index in [1.165, 1.54) is 5.56 Å².